The maximum Gasteiger partial charge on any atom is 0.220 e. The summed E-state index contributed by atoms with van der Waals surface area (Å²) in [4.78, 5) is 24.6. The molecular formula is C20H28N2O4S. The predicted octanol–water partition coefficient (Wildman–Crippen LogP) is 2.07. The number of Topliss-reactive ketones (excluding diaryl/α,β-unsaturated/α-hetero) is 1. The lowest BCUT2D eigenvalue weighted by Gasteiger charge is -2.31. The van der Waals surface area contributed by atoms with Crippen LogP contribution in [0.5, 0.6) is 0 Å². The summed E-state index contributed by atoms with van der Waals surface area (Å²) >= 11 is 0. The minimum Gasteiger partial charge on any atom is -0.352 e. The summed E-state index contributed by atoms with van der Waals surface area (Å²) < 4.78 is 24.7. The maximum atomic E-state index is 12.4. The second-order valence-corrected chi connectivity index (χ2v) is 9.62. The first-order valence-electron chi connectivity index (χ1n) is 9.72. The minimum atomic E-state index is -3.24. The van der Waals surface area contributed by atoms with Gasteiger partial charge in [-0.05, 0) is 55.7 Å². The summed E-state index contributed by atoms with van der Waals surface area (Å²) in [5.41, 5.74) is 3.28. The highest BCUT2D eigenvalue weighted by atomic mass is 32.2. The second kappa shape index (κ2) is 8.52. The average Bonchev–Trinajstić information content (AvgIpc) is 2.65. The molecule has 7 heteroatoms. The fourth-order valence-corrected chi connectivity index (χ4v) is 4.85. The monoisotopic (exact) mass is 392 g/mol. The Labute approximate surface area is 161 Å². The molecule has 0 aromatic heterocycles. The molecule has 0 bridgehead atoms. The zero-order valence-corrected chi connectivity index (χ0v) is 16.7. The third kappa shape index (κ3) is 5.39. The van der Waals surface area contributed by atoms with Crippen LogP contribution in [0.15, 0.2) is 18.2 Å². The number of fused-ring (bicyclic) bond motifs is 1. The van der Waals surface area contributed by atoms with Crippen LogP contribution in [-0.4, -0.2) is 49.8 Å². The molecule has 1 atom stereocenters. The lowest BCUT2D eigenvalue weighted by molar-refractivity contribution is -0.122. The van der Waals surface area contributed by atoms with Crippen molar-refractivity contribution in [2.24, 2.45) is 0 Å². The van der Waals surface area contributed by atoms with E-state index in [0.717, 1.165) is 25.7 Å². The number of nitrogens with zero attached hydrogens (tertiary/aromatic N) is 1. The summed E-state index contributed by atoms with van der Waals surface area (Å²) in [6, 6.07) is 5.72. The molecule has 2 aliphatic rings. The normalized spacial score (nSPS) is 20.7. The Bertz CT molecular complexity index is 819. The Hall–Kier alpha value is -1.73. The molecule has 1 unspecified atom stereocenters. The van der Waals surface area contributed by atoms with Crippen LogP contribution in [0.4, 0.5) is 0 Å². The average molecular weight is 393 g/mol. The fraction of sp³-hybridized carbons (Fsp3) is 0.600. The smallest absolute Gasteiger partial charge is 0.220 e. The van der Waals surface area contributed by atoms with Crippen molar-refractivity contribution in [3.05, 3.63) is 34.9 Å². The van der Waals surface area contributed by atoms with E-state index < -0.39 is 10.0 Å². The molecule has 1 aromatic rings. The van der Waals surface area contributed by atoms with E-state index >= 15 is 0 Å². The van der Waals surface area contributed by atoms with Crippen LogP contribution in [0.1, 0.15) is 60.0 Å². The quantitative estimate of drug-likeness (QED) is 0.751. The van der Waals surface area contributed by atoms with Gasteiger partial charge in [-0.2, -0.15) is 0 Å². The Morgan fingerprint density at radius 1 is 1.11 bits per heavy atom. The van der Waals surface area contributed by atoms with Crippen LogP contribution >= 0.6 is 0 Å². The number of hydrogen-bond donors (Lipinski definition) is 1. The van der Waals surface area contributed by atoms with Gasteiger partial charge in [0.25, 0.3) is 0 Å². The highest BCUT2D eigenvalue weighted by Gasteiger charge is 2.26. The first kappa shape index (κ1) is 20.0. The number of amides is 1. The Balaban J connectivity index is 1.49. The van der Waals surface area contributed by atoms with Crippen molar-refractivity contribution in [1.29, 1.82) is 0 Å². The van der Waals surface area contributed by atoms with Crippen molar-refractivity contribution in [2.75, 3.05) is 19.3 Å². The van der Waals surface area contributed by atoms with Crippen molar-refractivity contribution >= 4 is 21.7 Å². The van der Waals surface area contributed by atoms with Crippen LogP contribution in [0, 0.1) is 0 Å². The van der Waals surface area contributed by atoms with E-state index in [1.807, 2.05) is 18.2 Å². The van der Waals surface area contributed by atoms with Gasteiger partial charge in [-0.25, -0.2) is 12.7 Å². The maximum absolute atomic E-state index is 12.4. The zero-order valence-electron chi connectivity index (χ0n) is 15.9. The van der Waals surface area contributed by atoms with Gasteiger partial charge in [0.15, 0.2) is 5.78 Å². The first-order chi connectivity index (χ1) is 12.8. The van der Waals surface area contributed by atoms with Crippen molar-refractivity contribution < 1.29 is 18.0 Å². The molecule has 1 saturated heterocycles. The van der Waals surface area contributed by atoms with Crippen molar-refractivity contribution in [2.45, 2.75) is 57.4 Å². The number of hydrogen-bond acceptors (Lipinski definition) is 4. The lowest BCUT2D eigenvalue weighted by Crippen LogP contribution is -2.49. The van der Waals surface area contributed by atoms with Gasteiger partial charge < -0.3 is 5.32 Å². The highest BCUT2D eigenvalue weighted by Crippen LogP contribution is 2.23. The second-order valence-electron chi connectivity index (χ2n) is 7.64. The number of ketones is 1. The summed E-state index contributed by atoms with van der Waals surface area (Å²) in [6.07, 6.45) is 7.46. The topological polar surface area (TPSA) is 83.6 Å². The van der Waals surface area contributed by atoms with Gasteiger partial charge in [-0.1, -0.05) is 12.1 Å². The van der Waals surface area contributed by atoms with Gasteiger partial charge in [-0.3, -0.25) is 9.59 Å². The summed E-state index contributed by atoms with van der Waals surface area (Å²) in [7, 11) is -3.24. The molecule has 1 fully saturated rings. The summed E-state index contributed by atoms with van der Waals surface area (Å²) in [5, 5.41) is 2.88. The first-order valence-corrected chi connectivity index (χ1v) is 11.6. The molecule has 3 rings (SSSR count). The molecule has 1 aliphatic carbocycles. The van der Waals surface area contributed by atoms with Gasteiger partial charge in [0.1, 0.15) is 0 Å². The molecule has 0 spiro atoms. The third-order valence-electron chi connectivity index (χ3n) is 5.47. The molecule has 148 valence electrons. The fourth-order valence-electron chi connectivity index (χ4n) is 3.94. The Morgan fingerprint density at radius 2 is 1.85 bits per heavy atom. The molecule has 1 N–H and O–H groups in total. The molecule has 0 radical (unpaired) electrons. The van der Waals surface area contributed by atoms with Crippen molar-refractivity contribution in [1.82, 2.24) is 9.62 Å². The number of carbonyl (C=O) groups is 2. The van der Waals surface area contributed by atoms with E-state index in [1.165, 1.54) is 34.5 Å². The van der Waals surface area contributed by atoms with E-state index in [0.29, 0.717) is 18.7 Å². The van der Waals surface area contributed by atoms with E-state index in [1.54, 1.807) is 0 Å². The minimum absolute atomic E-state index is 0.0140. The van der Waals surface area contributed by atoms with Crippen LogP contribution in [-0.2, 0) is 27.7 Å². The van der Waals surface area contributed by atoms with Gasteiger partial charge in [0.2, 0.25) is 15.9 Å². The summed E-state index contributed by atoms with van der Waals surface area (Å²) in [5.74, 6) is -0.207. The van der Waals surface area contributed by atoms with E-state index in [-0.39, 0.29) is 30.6 Å². The van der Waals surface area contributed by atoms with Crippen LogP contribution < -0.4 is 5.32 Å². The molecule has 27 heavy (non-hydrogen) atoms. The van der Waals surface area contributed by atoms with E-state index in [2.05, 4.69) is 5.32 Å². The van der Waals surface area contributed by atoms with Crippen LogP contribution in [0.3, 0.4) is 0 Å². The standard InChI is InChI=1S/C20H28N2O4S/c1-27(25,26)22-12-4-7-18(14-22)21-20(24)11-10-19(23)17-9-8-15-5-2-3-6-16(15)13-17/h8-9,13,18H,2-7,10-12,14H2,1H3,(H,21,24). The van der Waals surface area contributed by atoms with Gasteiger partial charge in [-0.15, -0.1) is 0 Å². The molecule has 0 saturated carbocycles. The molecule has 1 heterocycles. The molecule has 1 aliphatic heterocycles. The van der Waals surface area contributed by atoms with E-state index in [4.69, 9.17) is 0 Å². The SMILES string of the molecule is CS(=O)(=O)N1CCCC(NC(=O)CCC(=O)c2ccc3c(c2)CCCC3)C1. The van der Waals surface area contributed by atoms with Crippen molar-refractivity contribution in [3.63, 3.8) is 0 Å². The number of piperidine rings is 1. The molecule has 6 nitrogen and oxygen atoms in total. The van der Waals surface area contributed by atoms with Crippen molar-refractivity contribution in [3.8, 4) is 0 Å². The van der Waals surface area contributed by atoms with Gasteiger partial charge >= 0.3 is 0 Å². The zero-order chi connectivity index (χ0) is 19.4. The van der Waals surface area contributed by atoms with Crippen LogP contribution in [0.2, 0.25) is 0 Å². The number of sulfonamides is 1. The van der Waals surface area contributed by atoms with Gasteiger partial charge in [0, 0.05) is 37.5 Å². The Kier molecular flexibility index (Phi) is 6.32. The number of rotatable bonds is 6. The van der Waals surface area contributed by atoms with Gasteiger partial charge in [0.05, 0.1) is 6.26 Å². The lowest BCUT2D eigenvalue weighted by atomic mass is 9.89. The molecule has 1 aromatic carbocycles. The molecular weight excluding hydrogens is 364 g/mol. The predicted molar refractivity (Wildman–Crippen MR) is 104 cm³/mol. The Morgan fingerprint density at radius 3 is 2.59 bits per heavy atom. The van der Waals surface area contributed by atoms with E-state index in [9.17, 15) is 18.0 Å². The largest absolute Gasteiger partial charge is 0.352 e. The third-order valence-corrected chi connectivity index (χ3v) is 6.74. The number of benzene rings is 1. The molecule has 1 amide bonds. The van der Waals surface area contributed by atoms with Crippen LogP contribution in [0.25, 0.3) is 0 Å². The number of aryl methyl sites for hydroxylation is 2. The summed E-state index contributed by atoms with van der Waals surface area (Å²) in [6.45, 7) is 0.811. The number of carbonyl (C=O) groups excluding carboxylic acids is 2. The number of nitrogens with one attached hydrogen (secondary N) is 1. The highest BCUT2D eigenvalue weighted by molar-refractivity contribution is 7.88.